The first kappa shape index (κ1) is 11.5. The second-order valence-electron chi connectivity index (χ2n) is 3.26. The van der Waals surface area contributed by atoms with Crippen molar-refractivity contribution in [3.8, 4) is 0 Å². The van der Waals surface area contributed by atoms with Gasteiger partial charge in [0.2, 0.25) is 0 Å². The Bertz CT molecular complexity index is 206. The summed E-state index contributed by atoms with van der Waals surface area (Å²) in [4.78, 5) is 10.6. The number of hydrogen-bond donors (Lipinski definition) is 3. The predicted molar refractivity (Wildman–Crippen MR) is 44.4 cm³/mol. The van der Waals surface area contributed by atoms with Crippen LogP contribution in [0.1, 0.15) is 6.92 Å². The van der Waals surface area contributed by atoms with Gasteiger partial charge in [-0.3, -0.25) is 4.79 Å². The van der Waals surface area contributed by atoms with Crippen LogP contribution in [0.3, 0.4) is 0 Å². The van der Waals surface area contributed by atoms with Crippen LogP contribution >= 0.6 is 0 Å². The maximum absolute atomic E-state index is 10.6. The molecule has 0 unspecified atom stereocenters. The van der Waals surface area contributed by atoms with E-state index in [4.69, 9.17) is 14.6 Å². The van der Waals surface area contributed by atoms with Crippen LogP contribution in [0.2, 0.25) is 0 Å². The highest BCUT2D eigenvalue weighted by Gasteiger charge is 2.38. The van der Waals surface area contributed by atoms with E-state index in [0.29, 0.717) is 0 Å². The van der Waals surface area contributed by atoms with Crippen LogP contribution in [-0.2, 0) is 14.3 Å². The lowest BCUT2D eigenvalue weighted by atomic mass is 10.1. The molecule has 0 aromatic carbocycles. The van der Waals surface area contributed by atoms with E-state index in [0.717, 1.165) is 0 Å². The summed E-state index contributed by atoms with van der Waals surface area (Å²) in [6, 6.07) is 0. The number of ether oxygens (including phenoxy) is 2. The lowest BCUT2D eigenvalue weighted by Gasteiger charge is -2.34. The Kier molecular flexibility index (Phi) is 3.97. The van der Waals surface area contributed by atoms with Gasteiger partial charge < -0.3 is 24.8 Å². The molecule has 1 aliphatic heterocycles. The van der Waals surface area contributed by atoms with Crippen molar-refractivity contribution in [3.63, 3.8) is 0 Å². The summed E-state index contributed by atoms with van der Waals surface area (Å²) in [7, 11) is 0. The fourth-order valence-electron chi connectivity index (χ4n) is 1.13. The maximum Gasteiger partial charge on any atom is 0.186 e. The highest BCUT2D eigenvalue weighted by Crippen LogP contribution is 2.16. The summed E-state index contributed by atoms with van der Waals surface area (Å²) >= 11 is 0. The first-order valence-corrected chi connectivity index (χ1v) is 4.29. The molecule has 0 aromatic heterocycles. The van der Waals surface area contributed by atoms with Gasteiger partial charge in [-0.05, 0) is 6.92 Å². The molecule has 6 nitrogen and oxygen atoms in total. The van der Waals surface area contributed by atoms with Gasteiger partial charge in [0, 0.05) is 0 Å². The Morgan fingerprint density at radius 1 is 1.43 bits per heavy atom. The van der Waals surface area contributed by atoms with E-state index in [1.165, 1.54) is 6.92 Å². The topological polar surface area (TPSA) is 96.2 Å². The van der Waals surface area contributed by atoms with E-state index >= 15 is 0 Å². The molecule has 82 valence electrons. The predicted octanol–water partition coefficient (Wildman–Crippen LogP) is -1.97. The number of Topliss-reactive ketones (excluding diaryl/α,β-unsaturated/α-hetero) is 1. The van der Waals surface area contributed by atoms with Crippen LogP contribution in [0, 0.1) is 0 Å². The first-order chi connectivity index (χ1) is 6.52. The van der Waals surface area contributed by atoms with E-state index in [-0.39, 0.29) is 19.0 Å². The fraction of sp³-hybridized carbons (Fsp3) is 0.875. The number of aliphatic hydroxyl groups excluding tert-OH is 3. The zero-order valence-corrected chi connectivity index (χ0v) is 7.79. The molecule has 0 radical (unpaired) electrons. The summed E-state index contributed by atoms with van der Waals surface area (Å²) in [5.41, 5.74) is 0. The van der Waals surface area contributed by atoms with Crippen molar-refractivity contribution < 1.29 is 29.6 Å². The lowest BCUT2D eigenvalue weighted by Crippen LogP contribution is -2.53. The quantitative estimate of drug-likeness (QED) is 0.495. The Morgan fingerprint density at radius 3 is 2.64 bits per heavy atom. The Hall–Kier alpha value is -0.530. The second-order valence-corrected chi connectivity index (χ2v) is 3.26. The summed E-state index contributed by atoms with van der Waals surface area (Å²) in [6.45, 7) is 1.02. The van der Waals surface area contributed by atoms with E-state index in [9.17, 15) is 15.0 Å². The van der Waals surface area contributed by atoms with Crippen molar-refractivity contribution in [2.24, 2.45) is 0 Å². The van der Waals surface area contributed by atoms with Gasteiger partial charge in [0.1, 0.15) is 24.9 Å². The second kappa shape index (κ2) is 4.81. The molecule has 6 heteroatoms. The monoisotopic (exact) mass is 206 g/mol. The SMILES string of the molecule is CC(=O)CO[C@H]1OC[C@@H](O)[C@H](O)[C@@H]1O. The van der Waals surface area contributed by atoms with Crippen molar-refractivity contribution in [2.45, 2.75) is 31.5 Å². The first-order valence-electron chi connectivity index (χ1n) is 4.29. The van der Waals surface area contributed by atoms with Gasteiger partial charge in [-0.2, -0.15) is 0 Å². The molecular weight excluding hydrogens is 192 g/mol. The minimum absolute atomic E-state index is 0.124. The minimum atomic E-state index is -1.34. The van der Waals surface area contributed by atoms with Gasteiger partial charge in [-0.1, -0.05) is 0 Å². The van der Waals surface area contributed by atoms with Crippen LogP contribution in [0.25, 0.3) is 0 Å². The molecule has 0 amide bonds. The van der Waals surface area contributed by atoms with Crippen molar-refractivity contribution >= 4 is 5.78 Å². The molecule has 1 fully saturated rings. The third kappa shape index (κ3) is 2.73. The molecule has 0 bridgehead atoms. The van der Waals surface area contributed by atoms with Gasteiger partial charge in [0.25, 0.3) is 0 Å². The zero-order chi connectivity index (χ0) is 10.7. The number of hydrogen-bond acceptors (Lipinski definition) is 6. The van der Waals surface area contributed by atoms with Crippen molar-refractivity contribution in [1.29, 1.82) is 0 Å². The molecule has 14 heavy (non-hydrogen) atoms. The Labute approximate surface area is 81.1 Å². The third-order valence-electron chi connectivity index (χ3n) is 1.91. The van der Waals surface area contributed by atoms with Crippen LogP contribution in [0.15, 0.2) is 0 Å². The lowest BCUT2D eigenvalue weighted by molar-refractivity contribution is -0.267. The van der Waals surface area contributed by atoms with Crippen LogP contribution in [0.4, 0.5) is 0 Å². The molecule has 0 aromatic rings. The highest BCUT2D eigenvalue weighted by atomic mass is 16.7. The summed E-state index contributed by atoms with van der Waals surface area (Å²) in [5, 5.41) is 27.7. The molecule has 1 rings (SSSR count). The zero-order valence-electron chi connectivity index (χ0n) is 7.79. The largest absolute Gasteiger partial charge is 0.388 e. The third-order valence-corrected chi connectivity index (χ3v) is 1.91. The smallest absolute Gasteiger partial charge is 0.186 e. The van der Waals surface area contributed by atoms with Crippen LogP contribution < -0.4 is 0 Å². The number of carbonyl (C=O) groups excluding carboxylic acids is 1. The van der Waals surface area contributed by atoms with Crippen LogP contribution in [0.5, 0.6) is 0 Å². The average molecular weight is 206 g/mol. The molecule has 0 saturated carbocycles. The molecule has 1 aliphatic rings. The fourth-order valence-corrected chi connectivity index (χ4v) is 1.13. The normalized spacial score (nSPS) is 38.3. The minimum Gasteiger partial charge on any atom is -0.388 e. The molecule has 3 N–H and O–H groups in total. The van der Waals surface area contributed by atoms with Gasteiger partial charge in [0.15, 0.2) is 12.1 Å². The van der Waals surface area contributed by atoms with Gasteiger partial charge in [-0.25, -0.2) is 0 Å². The summed E-state index contributed by atoms with van der Waals surface area (Å²) in [5.74, 6) is -0.207. The van der Waals surface area contributed by atoms with Crippen molar-refractivity contribution in [1.82, 2.24) is 0 Å². The van der Waals surface area contributed by atoms with Crippen molar-refractivity contribution in [3.05, 3.63) is 0 Å². The molecule has 1 heterocycles. The Balaban J connectivity index is 2.42. The highest BCUT2D eigenvalue weighted by molar-refractivity contribution is 5.76. The van der Waals surface area contributed by atoms with Gasteiger partial charge in [-0.15, -0.1) is 0 Å². The number of aliphatic hydroxyl groups is 3. The van der Waals surface area contributed by atoms with E-state index in [1.807, 2.05) is 0 Å². The number of ketones is 1. The molecule has 0 spiro atoms. The van der Waals surface area contributed by atoms with Gasteiger partial charge >= 0.3 is 0 Å². The van der Waals surface area contributed by atoms with Crippen LogP contribution in [-0.4, -0.2) is 58.9 Å². The molecule has 4 atom stereocenters. The molecule has 0 aliphatic carbocycles. The van der Waals surface area contributed by atoms with Crippen molar-refractivity contribution in [2.75, 3.05) is 13.2 Å². The standard InChI is InChI=1S/C8H14O6/c1-4(9)2-13-8-7(12)6(11)5(10)3-14-8/h5-8,10-12H,2-3H2,1H3/t5-,6+,7+,8+/m1/s1. The Morgan fingerprint density at radius 2 is 2.07 bits per heavy atom. The molecular formula is C8H14O6. The van der Waals surface area contributed by atoms with E-state index in [2.05, 4.69) is 0 Å². The number of rotatable bonds is 3. The van der Waals surface area contributed by atoms with E-state index < -0.39 is 24.6 Å². The summed E-state index contributed by atoms with van der Waals surface area (Å²) in [6.07, 6.45) is -4.82. The summed E-state index contributed by atoms with van der Waals surface area (Å²) < 4.78 is 9.77. The number of carbonyl (C=O) groups is 1. The van der Waals surface area contributed by atoms with Gasteiger partial charge in [0.05, 0.1) is 6.61 Å². The maximum atomic E-state index is 10.6. The average Bonchev–Trinajstić information content (AvgIpc) is 2.13. The van der Waals surface area contributed by atoms with E-state index in [1.54, 1.807) is 0 Å². The molecule has 1 saturated heterocycles.